The second-order valence-electron chi connectivity index (χ2n) is 5.85. The van der Waals surface area contributed by atoms with Gasteiger partial charge in [-0.25, -0.2) is 0 Å². The molecule has 1 nitrogen and oxygen atoms in total. The molecule has 1 aliphatic heterocycles. The zero-order valence-electron chi connectivity index (χ0n) is 11.7. The van der Waals surface area contributed by atoms with E-state index in [1.165, 1.54) is 11.3 Å². The monoisotopic (exact) mass is 393 g/mol. The van der Waals surface area contributed by atoms with Gasteiger partial charge in [0.15, 0.2) is 0 Å². The fraction of sp³-hybridized carbons (Fsp3) is 0.222. The van der Waals surface area contributed by atoms with Crippen LogP contribution in [0.3, 0.4) is 0 Å². The molecule has 2 aliphatic rings. The Hall–Kier alpha value is -0.960. The Morgan fingerprint density at radius 2 is 1.95 bits per heavy atom. The van der Waals surface area contributed by atoms with Gasteiger partial charge in [-0.05, 0) is 57.6 Å². The molecule has 2 aromatic carbocycles. The van der Waals surface area contributed by atoms with Crippen molar-refractivity contribution in [2.24, 2.45) is 5.92 Å². The normalized spacial score (nSPS) is 25.5. The first-order chi connectivity index (χ1) is 10.6. The summed E-state index contributed by atoms with van der Waals surface area (Å²) in [5.74, 6) is 0.922. The summed E-state index contributed by atoms with van der Waals surface area (Å²) in [6.07, 6.45) is 5.67. The highest BCUT2D eigenvalue weighted by molar-refractivity contribution is 9.10. The van der Waals surface area contributed by atoms with E-state index in [0.29, 0.717) is 16.9 Å². The lowest BCUT2D eigenvalue weighted by atomic mass is 9.77. The topological polar surface area (TPSA) is 12.0 Å². The van der Waals surface area contributed by atoms with E-state index in [1.807, 2.05) is 18.2 Å². The van der Waals surface area contributed by atoms with Crippen molar-refractivity contribution in [3.8, 4) is 0 Å². The fourth-order valence-corrected chi connectivity index (χ4v) is 4.67. The number of allylic oxidation sites excluding steroid dienone is 2. The molecule has 0 radical (unpaired) electrons. The second-order valence-corrected chi connectivity index (χ2v) is 7.54. The summed E-state index contributed by atoms with van der Waals surface area (Å²) in [4.78, 5) is 0. The molecule has 0 fully saturated rings. The summed E-state index contributed by atoms with van der Waals surface area (Å²) in [5, 5.41) is 5.10. The predicted octanol–water partition coefficient (Wildman–Crippen LogP) is 6.58. The van der Waals surface area contributed by atoms with E-state index >= 15 is 0 Å². The van der Waals surface area contributed by atoms with E-state index in [9.17, 15) is 0 Å². The van der Waals surface area contributed by atoms with E-state index in [2.05, 4.69) is 51.6 Å². The zero-order chi connectivity index (χ0) is 15.3. The number of hydrogen-bond donors (Lipinski definition) is 1. The molecule has 4 rings (SSSR count). The Kier molecular flexibility index (Phi) is 3.72. The molecular weight excluding hydrogens is 381 g/mol. The molecule has 2 aromatic rings. The van der Waals surface area contributed by atoms with E-state index in [-0.39, 0.29) is 6.04 Å². The quantitative estimate of drug-likeness (QED) is 0.538. The summed E-state index contributed by atoms with van der Waals surface area (Å²) >= 11 is 16.2. The zero-order valence-corrected chi connectivity index (χ0v) is 14.8. The van der Waals surface area contributed by atoms with Gasteiger partial charge in [0.25, 0.3) is 0 Å². The van der Waals surface area contributed by atoms with Gasteiger partial charge >= 0.3 is 0 Å². The van der Waals surface area contributed by atoms with Gasteiger partial charge in [0.2, 0.25) is 0 Å². The van der Waals surface area contributed by atoms with Crippen molar-refractivity contribution >= 4 is 44.8 Å². The predicted molar refractivity (Wildman–Crippen MR) is 97.0 cm³/mol. The molecule has 0 saturated heterocycles. The van der Waals surface area contributed by atoms with Crippen molar-refractivity contribution in [1.82, 2.24) is 0 Å². The maximum absolute atomic E-state index is 6.46. The largest absolute Gasteiger partial charge is 0.377 e. The van der Waals surface area contributed by atoms with Crippen molar-refractivity contribution in [2.45, 2.75) is 18.4 Å². The third kappa shape index (κ3) is 2.29. The van der Waals surface area contributed by atoms with Gasteiger partial charge in [0.1, 0.15) is 0 Å². The number of benzene rings is 2. The van der Waals surface area contributed by atoms with Gasteiger partial charge in [-0.15, -0.1) is 0 Å². The third-order valence-corrected chi connectivity index (χ3v) is 5.87. The molecule has 22 heavy (non-hydrogen) atoms. The van der Waals surface area contributed by atoms with Gasteiger partial charge in [-0.2, -0.15) is 0 Å². The van der Waals surface area contributed by atoms with Crippen molar-refractivity contribution in [3.05, 3.63) is 74.2 Å². The van der Waals surface area contributed by atoms with Gasteiger partial charge in [0, 0.05) is 20.4 Å². The number of anilines is 1. The van der Waals surface area contributed by atoms with Crippen LogP contribution < -0.4 is 5.32 Å². The van der Waals surface area contributed by atoms with Crippen LogP contribution in [-0.2, 0) is 0 Å². The second kappa shape index (κ2) is 5.59. The molecule has 1 N–H and O–H groups in total. The third-order valence-electron chi connectivity index (χ3n) is 4.64. The first kappa shape index (κ1) is 14.6. The van der Waals surface area contributed by atoms with Crippen LogP contribution in [0.15, 0.2) is 53.0 Å². The average Bonchev–Trinajstić information content (AvgIpc) is 2.97. The van der Waals surface area contributed by atoms with Crippen molar-refractivity contribution in [1.29, 1.82) is 0 Å². The Morgan fingerprint density at radius 1 is 1.09 bits per heavy atom. The number of halogens is 3. The molecule has 0 aromatic heterocycles. The maximum atomic E-state index is 6.46. The molecule has 0 saturated carbocycles. The number of hydrogen-bond acceptors (Lipinski definition) is 1. The number of rotatable bonds is 1. The Balaban J connectivity index is 1.84. The summed E-state index contributed by atoms with van der Waals surface area (Å²) in [6, 6.07) is 12.4. The molecule has 0 spiro atoms. The highest BCUT2D eigenvalue weighted by Gasteiger charge is 2.39. The Morgan fingerprint density at radius 3 is 2.77 bits per heavy atom. The van der Waals surface area contributed by atoms with Crippen LogP contribution in [-0.4, -0.2) is 0 Å². The molecule has 4 heteroatoms. The Labute approximate surface area is 148 Å². The van der Waals surface area contributed by atoms with Crippen molar-refractivity contribution < 1.29 is 0 Å². The van der Waals surface area contributed by atoms with Crippen LogP contribution in [0.2, 0.25) is 10.0 Å². The lowest BCUT2D eigenvalue weighted by Crippen LogP contribution is -2.29. The minimum atomic E-state index is 0.191. The van der Waals surface area contributed by atoms with Crippen LogP contribution >= 0.6 is 39.1 Å². The summed E-state index contributed by atoms with van der Waals surface area (Å²) in [7, 11) is 0. The highest BCUT2D eigenvalue weighted by atomic mass is 79.9. The van der Waals surface area contributed by atoms with E-state index in [4.69, 9.17) is 23.2 Å². The molecular formula is C18H14BrCl2N. The van der Waals surface area contributed by atoms with Gasteiger partial charge in [-0.3, -0.25) is 0 Å². The lowest BCUT2D eigenvalue weighted by Gasteiger charge is -2.38. The minimum Gasteiger partial charge on any atom is -0.377 e. The molecule has 112 valence electrons. The van der Waals surface area contributed by atoms with Crippen LogP contribution in [0.25, 0.3) is 0 Å². The van der Waals surface area contributed by atoms with Crippen molar-refractivity contribution in [3.63, 3.8) is 0 Å². The number of nitrogens with one attached hydrogen (secondary N) is 1. The fourth-order valence-electron chi connectivity index (χ4n) is 3.64. The van der Waals surface area contributed by atoms with E-state index in [0.717, 1.165) is 21.5 Å². The first-order valence-corrected chi connectivity index (χ1v) is 8.86. The summed E-state index contributed by atoms with van der Waals surface area (Å²) in [5.41, 5.74) is 3.65. The lowest BCUT2D eigenvalue weighted by molar-refractivity contribution is 0.425. The smallest absolute Gasteiger partial charge is 0.0568 e. The van der Waals surface area contributed by atoms with Crippen LogP contribution in [0.5, 0.6) is 0 Å². The molecule has 0 unspecified atom stereocenters. The molecule has 3 atom stereocenters. The van der Waals surface area contributed by atoms with E-state index < -0.39 is 0 Å². The van der Waals surface area contributed by atoms with Gasteiger partial charge in [-0.1, -0.05) is 53.6 Å². The van der Waals surface area contributed by atoms with Crippen molar-refractivity contribution in [2.75, 3.05) is 5.32 Å². The number of para-hydroxylation sites is 1. The van der Waals surface area contributed by atoms with E-state index in [1.54, 1.807) is 0 Å². The molecule has 0 bridgehead atoms. The molecule has 1 heterocycles. The first-order valence-electron chi connectivity index (χ1n) is 7.31. The standard InChI is InChI=1S/C18H14BrCl2N/c19-15-6-2-5-13-11-3-1-4-12(11)17(22-18(13)15)14-8-7-10(20)9-16(14)21/h1-3,5-9,11-12,17,22H,4H2/t11-,12+,17-/m1/s1. The SMILES string of the molecule is Clc1ccc([C@@H]2Nc3c(Br)cccc3[C@@H]3C=CC[C@@H]32)c(Cl)c1. The average molecular weight is 395 g/mol. The number of fused-ring (bicyclic) bond motifs is 3. The van der Waals surface area contributed by atoms with Crippen LogP contribution in [0.1, 0.15) is 29.5 Å². The van der Waals surface area contributed by atoms with Crippen LogP contribution in [0, 0.1) is 5.92 Å². The summed E-state index contributed by atoms with van der Waals surface area (Å²) in [6.45, 7) is 0. The molecule has 0 amide bonds. The highest BCUT2D eigenvalue weighted by Crippen LogP contribution is 2.52. The maximum Gasteiger partial charge on any atom is 0.0568 e. The Bertz CT molecular complexity index is 772. The minimum absolute atomic E-state index is 0.191. The van der Waals surface area contributed by atoms with Gasteiger partial charge in [0.05, 0.1) is 11.7 Å². The molecule has 1 aliphatic carbocycles. The van der Waals surface area contributed by atoms with Crippen LogP contribution in [0.4, 0.5) is 5.69 Å². The summed E-state index contributed by atoms with van der Waals surface area (Å²) < 4.78 is 1.10. The van der Waals surface area contributed by atoms with Gasteiger partial charge < -0.3 is 5.32 Å².